The SMILES string of the molecule is CCCN(c1cc(C)nc(C)n1)C1CC2CCC(C1)N2. The monoisotopic (exact) mass is 274 g/mol. The van der Waals surface area contributed by atoms with Crippen LogP contribution in [0.3, 0.4) is 0 Å². The van der Waals surface area contributed by atoms with E-state index in [9.17, 15) is 0 Å². The Labute approximate surface area is 122 Å². The number of hydrogen-bond donors (Lipinski definition) is 1. The summed E-state index contributed by atoms with van der Waals surface area (Å²) in [6.45, 7) is 7.41. The Morgan fingerprint density at radius 1 is 1.20 bits per heavy atom. The number of aryl methyl sites for hydroxylation is 2. The summed E-state index contributed by atoms with van der Waals surface area (Å²) in [4.78, 5) is 11.6. The Kier molecular flexibility index (Phi) is 3.92. The molecule has 2 aliphatic rings. The van der Waals surface area contributed by atoms with E-state index < -0.39 is 0 Å². The first-order chi connectivity index (χ1) is 9.65. The fourth-order valence-corrected chi connectivity index (χ4v) is 3.85. The van der Waals surface area contributed by atoms with Crippen molar-refractivity contribution < 1.29 is 0 Å². The molecule has 2 unspecified atom stereocenters. The van der Waals surface area contributed by atoms with Gasteiger partial charge in [0, 0.05) is 36.4 Å². The molecule has 1 aromatic rings. The van der Waals surface area contributed by atoms with Crippen molar-refractivity contribution >= 4 is 5.82 Å². The van der Waals surface area contributed by atoms with E-state index in [0.29, 0.717) is 6.04 Å². The molecule has 3 heterocycles. The van der Waals surface area contributed by atoms with Crippen LogP contribution < -0.4 is 10.2 Å². The number of fused-ring (bicyclic) bond motifs is 2. The maximum absolute atomic E-state index is 4.69. The standard InChI is InChI=1S/C16H26N4/c1-4-7-20(16-8-11(2)17-12(3)18-16)15-9-13-5-6-14(10-15)19-13/h8,13-15,19H,4-7,9-10H2,1-3H3. The summed E-state index contributed by atoms with van der Waals surface area (Å²) < 4.78 is 0. The van der Waals surface area contributed by atoms with E-state index in [0.717, 1.165) is 36.0 Å². The topological polar surface area (TPSA) is 41.1 Å². The van der Waals surface area contributed by atoms with Crippen molar-refractivity contribution in [3.63, 3.8) is 0 Å². The second-order valence-corrected chi connectivity index (χ2v) is 6.37. The number of hydrogen-bond acceptors (Lipinski definition) is 4. The molecular formula is C16H26N4. The van der Waals surface area contributed by atoms with E-state index in [1.165, 1.54) is 32.1 Å². The van der Waals surface area contributed by atoms with Crippen LogP contribution in [-0.2, 0) is 0 Å². The summed E-state index contributed by atoms with van der Waals surface area (Å²) in [6, 6.07) is 4.23. The minimum absolute atomic E-state index is 0.641. The van der Waals surface area contributed by atoms with Crippen molar-refractivity contribution in [1.82, 2.24) is 15.3 Å². The number of rotatable bonds is 4. The van der Waals surface area contributed by atoms with E-state index in [1.807, 2.05) is 6.92 Å². The summed E-state index contributed by atoms with van der Waals surface area (Å²) in [7, 11) is 0. The van der Waals surface area contributed by atoms with Gasteiger partial charge in [-0.15, -0.1) is 0 Å². The van der Waals surface area contributed by atoms with E-state index in [-0.39, 0.29) is 0 Å². The van der Waals surface area contributed by atoms with Crippen LogP contribution >= 0.6 is 0 Å². The third-order valence-electron chi connectivity index (χ3n) is 4.60. The van der Waals surface area contributed by atoms with Gasteiger partial charge in [-0.1, -0.05) is 6.92 Å². The van der Waals surface area contributed by atoms with Gasteiger partial charge in [-0.3, -0.25) is 0 Å². The van der Waals surface area contributed by atoms with Gasteiger partial charge in [0.05, 0.1) is 0 Å². The van der Waals surface area contributed by atoms with E-state index in [1.54, 1.807) is 0 Å². The van der Waals surface area contributed by atoms with Crippen LogP contribution in [0.2, 0.25) is 0 Å². The van der Waals surface area contributed by atoms with Crippen molar-refractivity contribution in [1.29, 1.82) is 0 Å². The maximum Gasteiger partial charge on any atom is 0.132 e. The molecule has 4 heteroatoms. The molecular weight excluding hydrogens is 248 g/mol. The molecule has 4 nitrogen and oxygen atoms in total. The highest BCUT2D eigenvalue weighted by Gasteiger charge is 2.36. The zero-order valence-corrected chi connectivity index (χ0v) is 12.9. The van der Waals surface area contributed by atoms with Crippen LogP contribution in [0.1, 0.15) is 50.5 Å². The molecule has 2 atom stereocenters. The molecule has 0 aliphatic carbocycles. The minimum atomic E-state index is 0.641. The van der Waals surface area contributed by atoms with Crippen molar-refractivity contribution in [2.75, 3.05) is 11.4 Å². The van der Waals surface area contributed by atoms with Gasteiger partial charge in [0.1, 0.15) is 11.6 Å². The largest absolute Gasteiger partial charge is 0.353 e. The number of piperidine rings is 1. The summed E-state index contributed by atoms with van der Waals surface area (Å²) in [6.07, 6.45) is 6.39. The normalized spacial score (nSPS) is 28.6. The third-order valence-corrected chi connectivity index (χ3v) is 4.60. The predicted molar refractivity (Wildman–Crippen MR) is 82.1 cm³/mol. The van der Waals surface area contributed by atoms with Crippen molar-refractivity contribution in [3.05, 3.63) is 17.6 Å². The Balaban J connectivity index is 1.84. The van der Waals surface area contributed by atoms with Crippen molar-refractivity contribution in [2.24, 2.45) is 0 Å². The lowest BCUT2D eigenvalue weighted by Gasteiger charge is -2.38. The van der Waals surface area contributed by atoms with E-state index in [2.05, 4.69) is 35.1 Å². The Bertz CT molecular complexity index is 441. The third kappa shape index (κ3) is 2.80. The highest BCUT2D eigenvalue weighted by molar-refractivity contribution is 5.41. The van der Waals surface area contributed by atoms with E-state index in [4.69, 9.17) is 4.98 Å². The zero-order valence-electron chi connectivity index (χ0n) is 12.9. The number of nitrogens with one attached hydrogen (secondary N) is 1. The van der Waals surface area contributed by atoms with E-state index >= 15 is 0 Å². The molecule has 0 saturated carbocycles. The molecule has 0 radical (unpaired) electrons. The molecule has 20 heavy (non-hydrogen) atoms. The smallest absolute Gasteiger partial charge is 0.132 e. The molecule has 2 saturated heterocycles. The van der Waals surface area contributed by atoms with Gasteiger partial charge in [0.25, 0.3) is 0 Å². The molecule has 2 bridgehead atoms. The molecule has 1 aromatic heterocycles. The van der Waals surface area contributed by atoms with Crippen LogP contribution in [0.5, 0.6) is 0 Å². The fourth-order valence-electron chi connectivity index (χ4n) is 3.85. The van der Waals surface area contributed by atoms with Crippen molar-refractivity contribution in [2.45, 2.75) is 71.0 Å². The zero-order chi connectivity index (χ0) is 14.1. The summed E-state index contributed by atoms with van der Waals surface area (Å²) in [5, 5.41) is 3.73. The van der Waals surface area contributed by atoms with Gasteiger partial charge in [-0.2, -0.15) is 0 Å². The van der Waals surface area contributed by atoms with Gasteiger partial charge in [0.15, 0.2) is 0 Å². The molecule has 0 aromatic carbocycles. The molecule has 2 aliphatic heterocycles. The van der Waals surface area contributed by atoms with Gasteiger partial charge >= 0.3 is 0 Å². The first kappa shape index (κ1) is 13.8. The number of anilines is 1. The molecule has 2 fully saturated rings. The van der Waals surface area contributed by atoms with Crippen LogP contribution in [0.15, 0.2) is 6.07 Å². The van der Waals surface area contributed by atoms with Gasteiger partial charge in [-0.05, 0) is 46.0 Å². The lowest BCUT2D eigenvalue weighted by atomic mass is 9.98. The van der Waals surface area contributed by atoms with Gasteiger partial charge in [-0.25, -0.2) is 9.97 Å². The molecule has 3 rings (SSSR count). The summed E-state index contributed by atoms with van der Waals surface area (Å²) in [5.41, 5.74) is 1.07. The first-order valence-electron chi connectivity index (χ1n) is 8.00. The predicted octanol–water partition coefficient (Wildman–Crippen LogP) is 2.59. The summed E-state index contributed by atoms with van der Waals surface area (Å²) >= 11 is 0. The number of aromatic nitrogens is 2. The Hall–Kier alpha value is -1.16. The molecule has 110 valence electrons. The maximum atomic E-state index is 4.69. The highest BCUT2D eigenvalue weighted by Crippen LogP contribution is 2.31. The first-order valence-corrected chi connectivity index (χ1v) is 8.00. The van der Waals surface area contributed by atoms with Crippen LogP contribution in [0.4, 0.5) is 5.82 Å². The molecule has 0 spiro atoms. The van der Waals surface area contributed by atoms with Gasteiger partial charge < -0.3 is 10.2 Å². The Morgan fingerprint density at radius 3 is 2.50 bits per heavy atom. The minimum Gasteiger partial charge on any atom is -0.353 e. The fraction of sp³-hybridized carbons (Fsp3) is 0.750. The van der Waals surface area contributed by atoms with Crippen LogP contribution in [0.25, 0.3) is 0 Å². The highest BCUT2D eigenvalue weighted by atomic mass is 15.2. The molecule has 1 N–H and O–H groups in total. The lowest BCUT2D eigenvalue weighted by molar-refractivity contribution is 0.345. The Morgan fingerprint density at radius 2 is 1.90 bits per heavy atom. The van der Waals surface area contributed by atoms with Crippen LogP contribution in [-0.4, -0.2) is 34.6 Å². The average Bonchev–Trinajstić information content (AvgIpc) is 2.73. The lowest BCUT2D eigenvalue weighted by Crippen LogP contribution is -2.49. The summed E-state index contributed by atoms with van der Waals surface area (Å²) in [5.74, 6) is 2.01. The second kappa shape index (κ2) is 5.68. The van der Waals surface area contributed by atoms with Crippen molar-refractivity contribution in [3.8, 4) is 0 Å². The molecule has 0 amide bonds. The second-order valence-electron chi connectivity index (χ2n) is 6.37. The average molecular weight is 274 g/mol. The van der Waals surface area contributed by atoms with Gasteiger partial charge in [0.2, 0.25) is 0 Å². The van der Waals surface area contributed by atoms with Crippen LogP contribution in [0, 0.1) is 13.8 Å². The quantitative estimate of drug-likeness (QED) is 0.916. The number of nitrogens with zero attached hydrogens (tertiary/aromatic N) is 3.